The molecule has 1 aromatic carbocycles. The van der Waals surface area contributed by atoms with E-state index in [1.165, 1.54) is 4.90 Å². The molecule has 0 unspecified atom stereocenters. The molecule has 3 amide bonds. The topological polar surface area (TPSA) is 88.2 Å². The monoisotopic (exact) mass is 445 g/mol. The van der Waals surface area contributed by atoms with Crippen molar-refractivity contribution in [1.29, 1.82) is 0 Å². The van der Waals surface area contributed by atoms with E-state index in [0.717, 1.165) is 24.8 Å². The zero-order valence-corrected chi connectivity index (χ0v) is 19.3. The van der Waals surface area contributed by atoms with Crippen LogP contribution in [0.4, 0.5) is 9.59 Å². The van der Waals surface area contributed by atoms with E-state index in [0.29, 0.717) is 38.5 Å². The highest BCUT2D eigenvalue weighted by Crippen LogP contribution is 2.22. The number of rotatable bonds is 5. The lowest BCUT2D eigenvalue weighted by molar-refractivity contribution is -0.125. The Bertz CT molecular complexity index is 785. The molecule has 3 rings (SSSR count). The predicted molar refractivity (Wildman–Crippen MR) is 120 cm³/mol. The number of piperidine rings is 1. The fraction of sp³-hybridized carbons (Fsp3) is 0.625. The van der Waals surface area contributed by atoms with E-state index in [2.05, 4.69) is 5.32 Å². The highest BCUT2D eigenvalue weighted by atomic mass is 16.6. The van der Waals surface area contributed by atoms with Crippen molar-refractivity contribution in [2.75, 3.05) is 26.2 Å². The summed E-state index contributed by atoms with van der Waals surface area (Å²) in [6.07, 6.45) is 2.33. The molecule has 8 heteroatoms. The Morgan fingerprint density at radius 1 is 1.00 bits per heavy atom. The third-order valence-corrected chi connectivity index (χ3v) is 5.83. The summed E-state index contributed by atoms with van der Waals surface area (Å²) in [4.78, 5) is 40.7. The first-order chi connectivity index (χ1) is 15.2. The van der Waals surface area contributed by atoms with Gasteiger partial charge in [-0.25, -0.2) is 9.59 Å². The zero-order valence-electron chi connectivity index (χ0n) is 19.3. The van der Waals surface area contributed by atoms with Crippen LogP contribution < -0.4 is 5.32 Å². The molecule has 0 bridgehead atoms. The molecule has 0 spiro atoms. The van der Waals surface area contributed by atoms with Gasteiger partial charge in [-0.1, -0.05) is 30.3 Å². The van der Waals surface area contributed by atoms with Crippen LogP contribution in [0.25, 0.3) is 0 Å². The molecule has 0 aromatic heterocycles. The van der Waals surface area contributed by atoms with Gasteiger partial charge in [-0.05, 0) is 57.9 Å². The van der Waals surface area contributed by atoms with Gasteiger partial charge in [0.25, 0.3) is 0 Å². The third-order valence-electron chi connectivity index (χ3n) is 5.83. The maximum absolute atomic E-state index is 12.7. The van der Waals surface area contributed by atoms with Gasteiger partial charge in [-0.3, -0.25) is 9.69 Å². The van der Waals surface area contributed by atoms with Crippen LogP contribution in [0.3, 0.4) is 0 Å². The van der Waals surface area contributed by atoms with Crippen LogP contribution in [0.5, 0.6) is 0 Å². The van der Waals surface area contributed by atoms with Crippen molar-refractivity contribution in [3.8, 4) is 0 Å². The van der Waals surface area contributed by atoms with E-state index in [-0.39, 0.29) is 18.6 Å². The highest BCUT2D eigenvalue weighted by molar-refractivity contribution is 5.86. The molecular formula is C24H35N3O5. The first kappa shape index (κ1) is 23.9. The number of benzene rings is 1. The van der Waals surface area contributed by atoms with Gasteiger partial charge in [-0.15, -0.1) is 0 Å². The maximum Gasteiger partial charge on any atom is 0.410 e. The Labute approximate surface area is 190 Å². The number of nitrogens with zero attached hydrogens (tertiary/aromatic N) is 2. The van der Waals surface area contributed by atoms with Crippen molar-refractivity contribution in [1.82, 2.24) is 15.1 Å². The number of nitrogens with one attached hydrogen (secondary N) is 1. The van der Waals surface area contributed by atoms with Crippen molar-refractivity contribution in [2.45, 2.75) is 64.7 Å². The van der Waals surface area contributed by atoms with Crippen LogP contribution in [0.15, 0.2) is 30.3 Å². The normalized spacial score (nSPS) is 19.5. The number of likely N-dealkylation sites (tertiary alicyclic amines) is 2. The van der Waals surface area contributed by atoms with Gasteiger partial charge in [0.1, 0.15) is 18.2 Å². The standard InChI is InChI=1S/C24H35N3O5/c1-24(2,3)32-23(30)27-13-7-10-20(27)21(28)25-16-18-11-14-26(15-12-18)22(29)31-17-19-8-5-4-6-9-19/h4-6,8-9,18,20H,7,10-17H2,1-3H3,(H,25,28)/t20-/m0/s1. The molecule has 2 saturated heterocycles. The molecule has 2 aliphatic rings. The second kappa shape index (κ2) is 10.7. The highest BCUT2D eigenvalue weighted by Gasteiger charge is 2.36. The molecule has 0 aliphatic carbocycles. The molecule has 2 heterocycles. The van der Waals surface area contributed by atoms with Gasteiger partial charge < -0.3 is 19.7 Å². The minimum atomic E-state index is -0.586. The molecule has 2 fully saturated rings. The molecule has 1 aromatic rings. The van der Waals surface area contributed by atoms with E-state index >= 15 is 0 Å². The fourth-order valence-corrected chi connectivity index (χ4v) is 4.07. The quantitative estimate of drug-likeness (QED) is 0.749. The van der Waals surface area contributed by atoms with E-state index in [1.807, 2.05) is 51.1 Å². The third kappa shape index (κ3) is 6.87. The SMILES string of the molecule is CC(C)(C)OC(=O)N1CCC[C@H]1C(=O)NCC1CCN(C(=O)OCc2ccccc2)CC1. The molecule has 2 aliphatic heterocycles. The molecule has 0 radical (unpaired) electrons. The lowest BCUT2D eigenvalue weighted by Crippen LogP contribution is -2.49. The summed E-state index contributed by atoms with van der Waals surface area (Å²) in [7, 11) is 0. The summed E-state index contributed by atoms with van der Waals surface area (Å²) in [5.74, 6) is 0.173. The molecule has 1 N–H and O–H groups in total. The Morgan fingerprint density at radius 2 is 1.69 bits per heavy atom. The predicted octanol–water partition coefficient (Wildman–Crippen LogP) is 3.55. The number of carbonyl (C=O) groups is 3. The van der Waals surface area contributed by atoms with Gasteiger partial charge in [-0.2, -0.15) is 0 Å². The summed E-state index contributed by atoms with van der Waals surface area (Å²) < 4.78 is 10.8. The van der Waals surface area contributed by atoms with Crippen LogP contribution in [-0.2, 0) is 20.9 Å². The Morgan fingerprint density at radius 3 is 2.34 bits per heavy atom. The van der Waals surface area contributed by atoms with Gasteiger partial charge in [0, 0.05) is 26.2 Å². The van der Waals surface area contributed by atoms with Crippen molar-refractivity contribution in [2.24, 2.45) is 5.92 Å². The lowest BCUT2D eigenvalue weighted by atomic mass is 9.97. The van der Waals surface area contributed by atoms with Crippen molar-refractivity contribution in [3.05, 3.63) is 35.9 Å². The molecule has 8 nitrogen and oxygen atoms in total. The number of carbonyl (C=O) groups excluding carboxylic acids is 3. The summed E-state index contributed by atoms with van der Waals surface area (Å²) in [5, 5.41) is 3.01. The van der Waals surface area contributed by atoms with Crippen molar-refractivity contribution < 1.29 is 23.9 Å². The first-order valence-corrected chi connectivity index (χ1v) is 11.5. The summed E-state index contributed by atoms with van der Waals surface area (Å²) in [5.41, 5.74) is 0.377. The number of ether oxygens (including phenoxy) is 2. The van der Waals surface area contributed by atoms with Crippen LogP contribution in [0.2, 0.25) is 0 Å². The van der Waals surface area contributed by atoms with Crippen LogP contribution in [0, 0.1) is 5.92 Å². The van der Waals surface area contributed by atoms with Gasteiger partial charge in [0.15, 0.2) is 0 Å². The van der Waals surface area contributed by atoms with Gasteiger partial charge >= 0.3 is 12.2 Å². The second-order valence-corrected chi connectivity index (χ2v) is 9.55. The lowest BCUT2D eigenvalue weighted by Gasteiger charge is -2.32. The average Bonchev–Trinajstić information content (AvgIpc) is 3.26. The average molecular weight is 446 g/mol. The van der Waals surface area contributed by atoms with E-state index in [1.54, 1.807) is 4.90 Å². The van der Waals surface area contributed by atoms with Crippen LogP contribution in [-0.4, -0.2) is 65.7 Å². The van der Waals surface area contributed by atoms with Gasteiger partial charge in [0.05, 0.1) is 0 Å². The Kier molecular flexibility index (Phi) is 7.99. The smallest absolute Gasteiger partial charge is 0.410 e. The van der Waals surface area contributed by atoms with Crippen molar-refractivity contribution >= 4 is 18.1 Å². The first-order valence-electron chi connectivity index (χ1n) is 11.5. The summed E-state index contributed by atoms with van der Waals surface area (Å²) in [6, 6.07) is 9.14. The molecule has 176 valence electrons. The number of amides is 3. The largest absolute Gasteiger partial charge is 0.445 e. The summed E-state index contributed by atoms with van der Waals surface area (Å²) in [6.45, 7) is 8.04. The van der Waals surface area contributed by atoms with Crippen molar-refractivity contribution in [3.63, 3.8) is 0 Å². The van der Waals surface area contributed by atoms with E-state index < -0.39 is 17.7 Å². The molecule has 0 saturated carbocycles. The molecular weight excluding hydrogens is 410 g/mol. The summed E-state index contributed by atoms with van der Waals surface area (Å²) >= 11 is 0. The van der Waals surface area contributed by atoms with Gasteiger partial charge in [0.2, 0.25) is 5.91 Å². The Balaban J connectivity index is 1.38. The van der Waals surface area contributed by atoms with Crippen LogP contribution in [0.1, 0.15) is 52.0 Å². The molecule has 1 atom stereocenters. The number of hydrogen-bond donors (Lipinski definition) is 1. The second-order valence-electron chi connectivity index (χ2n) is 9.55. The minimum Gasteiger partial charge on any atom is -0.445 e. The zero-order chi connectivity index (χ0) is 23.1. The van der Waals surface area contributed by atoms with E-state index in [4.69, 9.17) is 9.47 Å². The van der Waals surface area contributed by atoms with Crippen LogP contribution >= 0.6 is 0 Å². The number of hydrogen-bond acceptors (Lipinski definition) is 5. The fourth-order valence-electron chi connectivity index (χ4n) is 4.07. The minimum absolute atomic E-state index is 0.127. The van der Waals surface area contributed by atoms with E-state index in [9.17, 15) is 14.4 Å². The molecule has 32 heavy (non-hydrogen) atoms. The Hall–Kier alpha value is -2.77. The maximum atomic E-state index is 12.7.